The number of carbonyl (C=O) groups excluding carboxylic acids is 2. The molecule has 1 fully saturated rings. The first kappa shape index (κ1) is 21.0. The Morgan fingerprint density at radius 2 is 1.67 bits per heavy atom. The fourth-order valence-electron chi connectivity index (χ4n) is 4.28. The monoisotopic (exact) mass is 442 g/mol. The summed E-state index contributed by atoms with van der Waals surface area (Å²) in [7, 11) is 0. The van der Waals surface area contributed by atoms with Crippen LogP contribution in [0.2, 0.25) is 0 Å². The predicted octanol–water partition coefficient (Wildman–Crippen LogP) is 3.73. The van der Waals surface area contributed by atoms with Crippen molar-refractivity contribution in [3.05, 3.63) is 95.3 Å². The molecule has 0 bridgehead atoms. The van der Waals surface area contributed by atoms with Crippen molar-refractivity contribution in [3.8, 4) is 0 Å². The van der Waals surface area contributed by atoms with Gasteiger partial charge in [0, 0.05) is 37.4 Å². The molecule has 6 nitrogen and oxygen atoms in total. The lowest BCUT2D eigenvalue weighted by atomic mass is 9.90. The highest BCUT2D eigenvalue weighted by molar-refractivity contribution is 6.24. The Hall–Kier alpha value is -3.84. The largest absolute Gasteiger partial charge is 0.336 e. The van der Waals surface area contributed by atoms with E-state index in [0.717, 1.165) is 18.7 Å². The summed E-state index contributed by atoms with van der Waals surface area (Å²) in [5, 5.41) is 6.01. The number of nitrogens with zero attached hydrogens (tertiary/aromatic N) is 2. The molecule has 2 aliphatic heterocycles. The summed E-state index contributed by atoms with van der Waals surface area (Å²) in [4.78, 5) is 32.3. The van der Waals surface area contributed by atoms with Gasteiger partial charge in [0.05, 0.1) is 11.4 Å². The van der Waals surface area contributed by atoms with Gasteiger partial charge in [-0.25, -0.2) is 4.39 Å². The maximum absolute atomic E-state index is 13.7. The normalized spacial score (nSPS) is 18.1. The summed E-state index contributed by atoms with van der Waals surface area (Å²) in [6.07, 6.45) is 0. The SMILES string of the molecule is O=C1Nc2cc(F)ccc2C1C(=Nc1ccc(C(=O)N2CCNCC2)cc1)c1ccccc1. The number of piperazine rings is 1. The Kier molecular flexibility index (Phi) is 5.71. The fourth-order valence-corrected chi connectivity index (χ4v) is 4.28. The third-order valence-electron chi connectivity index (χ3n) is 5.96. The molecule has 0 spiro atoms. The van der Waals surface area contributed by atoms with Crippen molar-refractivity contribution in [1.29, 1.82) is 0 Å². The lowest BCUT2D eigenvalue weighted by Gasteiger charge is -2.27. The van der Waals surface area contributed by atoms with Crippen molar-refractivity contribution < 1.29 is 14.0 Å². The van der Waals surface area contributed by atoms with E-state index < -0.39 is 11.7 Å². The Balaban J connectivity index is 1.50. The Labute approximate surface area is 191 Å². The molecule has 2 N–H and O–H groups in total. The van der Waals surface area contributed by atoms with Gasteiger partial charge >= 0.3 is 0 Å². The first-order valence-electron chi connectivity index (χ1n) is 10.9. The van der Waals surface area contributed by atoms with Crippen LogP contribution >= 0.6 is 0 Å². The van der Waals surface area contributed by atoms with Crippen molar-refractivity contribution in [3.63, 3.8) is 0 Å². The van der Waals surface area contributed by atoms with Crippen molar-refractivity contribution in [1.82, 2.24) is 10.2 Å². The second kappa shape index (κ2) is 8.96. The van der Waals surface area contributed by atoms with Crippen LogP contribution in [0.25, 0.3) is 0 Å². The molecule has 0 radical (unpaired) electrons. The third kappa shape index (κ3) is 4.27. The molecular weight excluding hydrogens is 419 g/mol. The molecule has 2 heterocycles. The van der Waals surface area contributed by atoms with Crippen LogP contribution < -0.4 is 10.6 Å². The molecule has 3 aromatic carbocycles. The van der Waals surface area contributed by atoms with Crippen LogP contribution in [0.5, 0.6) is 0 Å². The van der Waals surface area contributed by atoms with Gasteiger partial charge in [0.1, 0.15) is 11.7 Å². The number of aliphatic imine (C=N–C) groups is 1. The van der Waals surface area contributed by atoms with Crippen LogP contribution in [-0.4, -0.2) is 48.6 Å². The summed E-state index contributed by atoms with van der Waals surface area (Å²) < 4.78 is 13.7. The smallest absolute Gasteiger partial charge is 0.253 e. The molecule has 0 aromatic heterocycles. The molecule has 3 aromatic rings. The van der Waals surface area contributed by atoms with E-state index in [1.54, 1.807) is 30.3 Å². The molecule has 1 saturated heterocycles. The van der Waals surface area contributed by atoms with E-state index in [9.17, 15) is 14.0 Å². The Morgan fingerprint density at radius 1 is 0.939 bits per heavy atom. The van der Waals surface area contributed by atoms with Crippen molar-refractivity contribution in [2.45, 2.75) is 5.92 Å². The third-order valence-corrected chi connectivity index (χ3v) is 5.96. The first-order chi connectivity index (χ1) is 16.1. The molecular formula is C26H23FN4O2. The van der Waals surface area contributed by atoms with E-state index in [2.05, 4.69) is 10.6 Å². The molecule has 2 amide bonds. The molecule has 33 heavy (non-hydrogen) atoms. The minimum Gasteiger partial charge on any atom is -0.336 e. The Bertz CT molecular complexity index is 1220. The number of fused-ring (bicyclic) bond motifs is 1. The van der Waals surface area contributed by atoms with Crippen LogP contribution in [-0.2, 0) is 4.79 Å². The average molecular weight is 442 g/mol. The number of nitrogens with one attached hydrogen (secondary N) is 2. The van der Waals surface area contributed by atoms with Gasteiger partial charge in [-0.05, 0) is 47.5 Å². The highest BCUT2D eigenvalue weighted by Gasteiger charge is 2.35. The van der Waals surface area contributed by atoms with Gasteiger partial charge in [-0.1, -0.05) is 36.4 Å². The topological polar surface area (TPSA) is 73.8 Å². The lowest BCUT2D eigenvalue weighted by molar-refractivity contribution is -0.115. The van der Waals surface area contributed by atoms with E-state index in [1.165, 1.54) is 12.1 Å². The molecule has 5 rings (SSSR count). The number of anilines is 1. The van der Waals surface area contributed by atoms with Crippen LogP contribution in [0.3, 0.4) is 0 Å². The van der Waals surface area contributed by atoms with E-state index >= 15 is 0 Å². The lowest BCUT2D eigenvalue weighted by Crippen LogP contribution is -2.46. The van der Waals surface area contributed by atoms with Crippen LogP contribution in [0.4, 0.5) is 15.8 Å². The highest BCUT2D eigenvalue weighted by atomic mass is 19.1. The van der Waals surface area contributed by atoms with Gasteiger partial charge < -0.3 is 15.5 Å². The van der Waals surface area contributed by atoms with Gasteiger partial charge in [-0.3, -0.25) is 14.6 Å². The predicted molar refractivity (Wildman–Crippen MR) is 126 cm³/mol. The molecule has 0 saturated carbocycles. The van der Waals surface area contributed by atoms with Crippen LogP contribution in [0.1, 0.15) is 27.4 Å². The van der Waals surface area contributed by atoms with Gasteiger partial charge in [0.25, 0.3) is 5.91 Å². The molecule has 166 valence electrons. The summed E-state index contributed by atoms with van der Waals surface area (Å²) in [6.45, 7) is 2.97. The van der Waals surface area contributed by atoms with Gasteiger partial charge in [-0.2, -0.15) is 0 Å². The quantitative estimate of drug-likeness (QED) is 0.605. The summed E-state index contributed by atoms with van der Waals surface area (Å²) in [5.41, 5.74) is 3.76. The Morgan fingerprint density at radius 3 is 2.39 bits per heavy atom. The van der Waals surface area contributed by atoms with Gasteiger partial charge in [0.2, 0.25) is 5.91 Å². The van der Waals surface area contributed by atoms with Crippen LogP contribution in [0.15, 0.2) is 77.8 Å². The number of amides is 2. The van der Waals surface area contributed by atoms with Crippen molar-refractivity contribution in [2.24, 2.45) is 4.99 Å². The van der Waals surface area contributed by atoms with E-state index in [1.807, 2.05) is 35.2 Å². The molecule has 1 unspecified atom stereocenters. The average Bonchev–Trinajstić information content (AvgIpc) is 3.18. The molecule has 0 aliphatic carbocycles. The number of hydrogen-bond donors (Lipinski definition) is 2. The number of halogens is 1. The van der Waals surface area contributed by atoms with Gasteiger partial charge in [0.15, 0.2) is 0 Å². The molecule has 7 heteroatoms. The maximum atomic E-state index is 13.7. The van der Waals surface area contributed by atoms with Crippen molar-refractivity contribution in [2.75, 3.05) is 31.5 Å². The second-order valence-electron chi connectivity index (χ2n) is 8.11. The fraction of sp³-hybridized carbons (Fsp3) is 0.192. The second-order valence-corrected chi connectivity index (χ2v) is 8.11. The number of carbonyl (C=O) groups is 2. The van der Waals surface area contributed by atoms with Gasteiger partial charge in [-0.15, -0.1) is 0 Å². The zero-order valence-electron chi connectivity index (χ0n) is 17.9. The van der Waals surface area contributed by atoms with Crippen LogP contribution in [0, 0.1) is 5.82 Å². The maximum Gasteiger partial charge on any atom is 0.253 e. The van der Waals surface area contributed by atoms with Crippen molar-refractivity contribution >= 4 is 28.9 Å². The summed E-state index contributed by atoms with van der Waals surface area (Å²) in [5.74, 6) is -1.31. The van der Waals surface area contributed by atoms with E-state index in [0.29, 0.717) is 41.3 Å². The zero-order valence-corrected chi connectivity index (χ0v) is 17.9. The van der Waals surface area contributed by atoms with E-state index in [4.69, 9.17) is 4.99 Å². The first-order valence-corrected chi connectivity index (χ1v) is 10.9. The zero-order chi connectivity index (χ0) is 22.8. The molecule has 1 atom stereocenters. The summed E-state index contributed by atoms with van der Waals surface area (Å²) >= 11 is 0. The summed E-state index contributed by atoms with van der Waals surface area (Å²) in [6, 6.07) is 20.9. The number of hydrogen-bond acceptors (Lipinski definition) is 4. The highest BCUT2D eigenvalue weighted by Crippen LogP contribution is 2.36. The minimum absolute atomic E-state index is 0.00133. The standard InChI is InChI=1S/C26H23FN4O2/c27-19-8-11-21-22(16-19)30-25(32)23(21)24(17-4-2-1-3-5-17)29-20-9-6-18(7-10-20)26(33)31-14-12-28-13-15-31/h1-11,16,23,28H,12-15H2,(H,30,32). The van der Waals surface area contributed by atoms with E-state index in [-0.39, 0.29) is 11.8 Å². The number of rotatable bonds is 4. The molecule has 2 aliphatic rings. The number of benzene rings is 3. The minimum atomic E-state index is -0.662.